The van der Waals surface area contributed by atoms with Crippen molar-refractivity contribution in [2.24, 2.45) is 4.99 Å². The highest BCUT2D eigenvalue weighted by Crippen LogP contribution is 2.40. The van der Waals surface area contributed by atoms with Gasteiger partial charge in [-0.15, -0.1) is 21.5 Å². The summed E-state index contributed by atoms with van der Waals surface area (Å²) in [4.78, 5) is 75.3. The third kappa shape index (κ3) is 6.05. The molecule has 2 aromatic heterocycles. The number of hydrogen-bond donors (Lipinski definition) is 1. The maximum Gasteiger partial charge on any atom is 0.262 e. The van der Waals surface area contributed by atoms with Crippen LogP contribution < -0.4 is 5.32 Å². The van der Waals surface area contributed by atoms with Gasteiger partial charge >= 0.3 is 0 Å². The van der Waals surface area contributed by atoms with E-state index in [4.69, 9.17) is 16.6 Å². The molecule has 1 unspecified atom stereocenters. The monoisotopic (exact) mass is 756 g/mol. The van der Waals surface area contributed by atoms with Crippen LogP contribution in [0.5, 0.6) is 0 Å². The first-order valence-electron chi connectivity index (χ1n) is 17.3. The Hall–Kier alpha value is -5.12. The summed E-state index contributed by atoms with van der Waals surface area (Å²) in [5.41, 5.74) is 3.87. The van der Waals surface area contributed by atoms with E-state index in [2.05, 4.69) is 29.4 Å². The van der Waals surface area contributed by atoms with E-state index in [1.807, 2.05) is 40.7 Å². The van der Waals surface area contributed by atoms with E-state index in [0.29, 0.717) is 42.9 Å². The molecule has 16 heteroatoms. The van der Waals surface area contributed by atoms with E-state index in [9.17, 15) is 24.0 Å². The van der Waals surface area contributed by atoms with Crippen LogP contribution in [0.3, 0.4) is 0 Å². The molecule has 0 saturated carbocycles. The molecule has 2 aromatic carbocycles. The largest absolute Gasteiger partial charge is 0.340 e. The summed E-state index contributed by atoms with van der Waals surface area (Å²) in [6.45, 7) is 7.88. The molecule has 2 fully saturated rings. The summed E-state index contributed by atoms with van der Waals surface area (Å²) in [6.07, 6.45) is 0.0772. The molecular formula is C37H34ClFN8O5S. The van der Waals surface area contributed by atoms with Gasteiger partial charge < -0.3 is 4.90 Å². The molecule has 0 bridgehead atoms. The van der Waals surface area contributed by atoms with Gasteiger partial charge in [-0.25, -0.2) is 4.39 Å². The van der Waals surface area contributed by atoms with Gasteiger partial charge in [0.2, 0.25) is 17.7 Å². The highest BCUT2D eigenvalue weighted by molar-refractivity contribution is 7.15. The molecule has 1 N–H and O–H groups in total. The van der Waals surface area contributed by atoms with Crippen LogP contribution in [0.1, 0.15) is 84.8 Å². The molecule has 13 nitrogen and oxygen atoms in total. The highest BCUT2D eigenvalue weighted by atomic mass is 35.5. The van der Waals surface area contributed by atoms with Crippen LogP contribution in [-0.2, 0) is 20.9 Å². The number of aromatic nitrogens is 3. The summed E-state index contributed by atoms with van der Waals surface area (Å²) in [7, 11) is 0. The van der Waals surface area contributed by atoms with E-state index in [0.717, 1.165) is 43.2 Å². The van der Waals surface area contributed by atoms with Crippen LogP contribution in [0, 0.1) is 26.6 Å². The number of fused-ring (bicyclic) bond motifs is 4. The number of aliphatic imine (C=N–C) groups is 1. The Bertz CT molecular complexity index is 2280. The van der Waals surface area contributed by atoms with Gasteiger partial charge in [0.05, 0.1) is 23.3 Å². The molecule has 4 aliphatic rings. The Balaban J connectivity index is 0.978. The van der Waals surface area contributed by atoms with Gasteiger partial charge in [0.1, 0.15) is 28.7 Å². The fourth-order valence-corrected chi connectivity index (χ4v) is 8.82. The second-order valence-electron chi connectivity index (χ2n) is 13.7. The second kappa shape index (κ2) is 13.4. The number of carbonyl (C=O) groups excluding carboxylic acids is 5. The fourth-order valence-electron chi connectivity index (χ4n) is 7.48. The summed E-state index contributed by atoms with van der Waals surface area (Å²) >= 11 is 7.88. The average Bonchev–Trinajstić information content (AvgIpc) is 3.70. The first-order valence-corrected chi connectivity index (χ1v) is 18.5. The lowest BCUT2D eigenvalue weighted by Crippen LogP contribution is -2.54. The van der Waals surface area contributed by atoms with Crippen molar-refractivity contribution in [3.8, 4) is 5.00 Å². The van der Waals surface area contributed by atoms with Crippen molar-refractivity contribution < 1.29 is 28.4 Å². The van der Waals surface area contributed by atoms with E-state index >= 15 is 4.39 Å². The number of halogens is 2. The van der Waals surface area contributed by atoms with Gasteiger partial charge in [-0.2, -0.15) is 0 Å². The number of imide groups is 2. The van der Waals surface area contributed by atoms with Crippen LogP contribution in [0.4, 0.5) is 4.39 Å². The van der Waals surface area contributed by atoms with Crippen molar-refractivity contribution in [2.45, 2.75) is 58.7 Å². The molecule has 0 spiro atoms. The predicted molar refractivity (Wildman–Crippen MR) is 193 cm³/mol. The molecule has 5 amide bonds. The number of nitrogens with zero attached hydrogens (tertiary/aromatic N) is 7. The van der Waals surface area contributed by atoms with Gasteiger partial charge in [-0.1, -0.05) is 23.7 Å². The van der Waals surface area contributed by atoms with Crippen molar-refractivity contribution in [3.05, 3.63) is 97.1 Å². The van der Waals surface area contributed by atoms with Crippen LogP contribution in [0.15, 0.2) is 41.4 Å². The van der Waals surface area contributed by atoms with Crippen molar-refractivity contribution in [2.75, 3.05) is 26.2 Å². The number of nitrogens with one attached hydrogen (secondary N) is 1. The van der Waals surface area contributed by atoms with E-state index in [1.165, 1.54) is 6.07 Å². The van der Waals surface area contributed by atoms with Gasteiger partial charge in [0.15, 0.2) is 5.82 Å². The lowest BCUT2D eigenvalue weighted by atomic mass is 9.99. The van der Waals surface area contributed by atoms with Crippen molar-refractivity contribution >= 4 is 58.2 Å². The first kappa shape index (κ1) is 34.9. The number of rotatable bonds is 6. The Morgan fingerprint density at radius 2 is 1.68 bits per heavy atom. The Kier molecular flexibility index (Phi) is 8.82. The van der Waals surface area contributed by atoms with Crippen molar-refractivity contribution in [3.63, 3.8) is 0 Å². The van der Waals surface area contributed by atoms with Crippen molar-refractivity contribution in [1.82, 2.24) is 34.8 Å². The minimum absolute atomic E-state index is 0.00720. The quantitative estimate of drug-likeness (QED) is 0.290. The standard InChI is InChI=1S/C37H34ClFN8O5S/c1-18-19(2)53-37-31(18)32(21-4-6-23(38)7-5-21)40-27(33-43-42-20(3)46(33)37)16-30(49)45-12-10-44(11-13-45)17-22-14-24-25(15-26(22)39)36(52)47(35(24)51)28-8-9-29(48)41-34(28)50/h4-7,14-15,27-28H,8-13,16-17H2,1-3H3,(H,41,48,50)/t27-,28?/m0/s1. The fraction of sp³-hybridized carbons (Fsp3) is 0.351. The zero-order valence-corrected chi connectivity index (χ0v) is 30.7. The van der Waals surface area contributed by atoms with Crippen molar-refractivity contribution in [1.29, 1.82) is 0 Å². The SMILES string of the molecule is Cc1sc2c(c1C)C(c1ccc(Cl)cc1)=N[C@@H](CC(=O)N1CCN(Cc3cc4c(cc3F)C(=O)N(C3CCC(=O)NC3=O)C4=O)CC1)c1nnc(C)n1-2. The molecule has 8 rings (SSSR count). The number of aryl methyl sites for hydroxylation is 2. The lowest BCUT2D eigenvalue weighted by molar-refractivity contribution is -0.136. The molecule has 0 aliphatic carbocycles. The van der Waals surface area contributed by atoms with Gasteiger partial charge in [0, 0.05) is 65.7 Å². The van der Waals surface area contributed by atoms with Crippen LogP contribution in [0.2, 0.25) is 5.02 Å². The predicted octanol–water partition coefficient (Wildman–Crippen LogP) is 4.07. The van der Waals surface area contributed by atoms with Crippen LogP contribution in [-0.4, -0.2) is 96.9 Å². The molecule has 2 saturated heterocycles. The maximum atomic E-state index is 15.4. The Morgan fingerprint density at radius 1 is 0.981 bits per heavy atom. The normalized spacial score (nSPS) is 20.2. The highest BCUT2D eigenvalue weighted by Gasteiger charge is 2.45. The number of piperazine rings is 1. The summed E-state index contributed by atoms with van der Waals surface area (Å²) in [5, 5.41) is 12.6. The number of amides is 5. The van der Waals surface area contributed by atoms with Crippen LogP contribution >= 0.6 is 22.9 Å². The maximum absolute atomic E-state index is 15.4. The van der Waals surface area contributed by atoms with Gasteiger partial charge in [0.25, 0.3) is 11.8 Å². The summed E-state index contributed by atoms with van der Waals surface area (Å²) in [6, 6.07) is 8.19. The third-order valence-electron chi connectivity index (χ3n) is 10.5. The number of thiophene rings is 1. The zero-order chi connectivity index (χ0) is 37.3. The smallest absolute Gasteiger partial charge is 0.262 e. The number of benzene rings is 2. The molecule has 4 aliphatic heterocycles. The molecule has 272 valence electrons. The van der Waals surface area contributed by atoms with Crippen LogP contribution in [0.25, 0.3) is 5.00 Å². The minimum Gasteiger partial charge on any atom is -0.340 e. The molecule has 2 atom stereocenters. The van der Waals surface area contributed by atoms with E-state index in [-0.39, 0.29) is 48.4 Å². The third-order valence-corrected chi connectivity index (χ3v) is 11.9. The number of hydrogen-bond acceptors (Lipinski definition) is 10. The van der Waals surface area contributed by atoms with E-state index in [1.54, 1.807) is 16.2 Å². The topological polar surface area (TPSA) is 150 Å². The second-order valence-corrected chi connectivity index (χ2v) is 15.3. The minimum atomic E-state index is -1.13. The first-order chi connectivity index (χ1) is 25.4. The molecule has 0 radical (unpaired) electrons. The molecular weight excluding hydrogens is 723 g/mol. The molecule has 6 heterocycles. The number of carbonyl (C=O) groups is 5. The van der Waals surface area contributed by atoms with E-state index < -0.39 is 41.5 Å². The molecule has 4 aromatic rings. The number of piperidine rings is 1. The lowest BCUT2D eigenvalue weighted by Gasteiger charge is -2.35. The Labute approximate surface area is 312 Å². The van der Waals surface area contributed by atoms with Gasteiger partial charge in [-0.3, -0.25) is 48.6 Å². The Morgan fingerprint density at radius 3 is 2.38 bits per heavy atom. The summed E-state index contributed by atoms with van der Waals surface area (Å²) < 4.78 is 17.4. The summed E-state index contributed by atoms with van der Waals surface area (Å²) in [5.74, 6) is -2.09. The average molecular weight is 757 g/mol. The molecule has 53 heavy (non-hydrogen) atoms. The van der Waals surface area contributed by atoms with Gasteiger partial charge in [-0.05, 0) is 57.0 Å². The zero-order valence-electron chi connectivity index (χ0n) is 29.1.